The zero-order chi connectivity index (χ0) is 14.8. The Morgan fingerprint density at radius 3 is 2.75 bits per heavy atom. The molecule has 0 aliphatic rings. The highest BCUT2D eigenvalue weighted by molar-refractivity contribution is 6.31. The summed E-state index contributed by atoms with van der Waals surface area (Å²) in [6, 6.07) is 7.85. The van der Waals surface area contributed by atoms with Crippen LogP contribution < -0.4 is 10.6 Å². The number of halogens is 1. The van der Waals surface area contributed by atoms with Gasteiger partial charge in [-0.25, -0.2) is 0 Å². The molecule has 0 aliphatic heterocycles. The molecule has 0 amide bonds. The van der Waals surface area contributed by atoms with Crippen molar-refractivity contribution in [3.8, 4) is 0 Å². The molecule has 1 aromatic rings. The van der Waals surface area contributed by atoms with Gasteiger partial charge in [0.1, 0.15) is 0 Å². The molecule has 0 heterocycles. The first-order valence-corrected chi connectivity index (χ1v) is 7.41. The van der Waals surface area contributed by atoms with Crippen LogP contribution in [0.3, 0.4) is 0 Å². The van der Waals surface area contributed by atoms with Crippen molar-refractivity contribution in [2.45, 2.75) is 20.3 Å². The summed E-state index contributed by atoms with van der Waals surface area (Å²) >= 11 is 6.12. The minimum Gasteiger partial charge on any atom is -0.396 e. The van der Waals surface area contributed by atoms with Gasteiger partial charge in [0.25, 0.3) is 0 Å². The smallest absolute Gasteiger partial charge is 0.191 e. The molecule has 112 valence electrons. The molecule has 4 nitrogen and oxygen atoms in total. The van der Waals surface area contributed by atoms with E-state index in [1.165, 1.54) is 0 Å². The Hall–Kier alpha value is -1.26. The van der Waals surface area contributed by atoms with Gasteiger partial charge >= 0.3 is 0 Å². The lowest BCUT2D eigenvalue weighted by atomic mass is 10.1. The third-order valence-electron chi connectivity index (χ3n) is 2.86. The lowest BCUT2D eigenvalue weighted by molar-refractivity contribution is 0.241. The molecule has 3 N–H and O–H groups in total. The maximum absolute atomic E-state index is 9.01. The fraction of sp³-hybridized carbons (Fsp3) is 0.533. The molecule has 0 saturated carbocycles. The van der Waals surface area contributed by atoms with E-state index in [4.69, 9.17) is 16.7 Å². The van der Waals surface area contributed by atoms with Crippen LogP contribution in [-0.4, -0.2) is 37.3 Å². The first kappa shape index (κ1) is 16.8. The summed E-state index contributed by atoms with van der Waals surface area (Å²) in [7, 11) is 0. The molecular weight excluding hydrogens is 274 g/mol. The number of nitrogens with one attached hydrogen (secondary N) is 2. The number of benzene rings is 1. The summed E-state index contributed by atoms with van der Waals surface area (Å²) in [5, 5.41) is 16.3. The van der Waals surface area contributed by atoms with E-state index < -0.39 is 0 Å². The number of aliphatic hydroxyl groups excluding tert-OH is 1. The summed E-state index contributed by atoms with van der Waals surface area (Å²) in [6.07, 6.45) is 0.847. The highest BCUT2D eigenvalue weighted by Gasteiger charge is 2.02. The minimum atomic E-state index is 0.155. The van der Waals surface area contributed by atoms with E-state index in [9.17, 15) is 0 Å². The van der Waals surface area contributed by atoms with Crippen molar-refractivity contribution in [1.29, 1.82) is 0 Å². The van der Waals surface area contributed by atoms with Gasteiger partial charge in [-0.15, -0.1) is 0 Å². The van der Waals surface area contributed by atoms with Gasteiger partial charge in [-0.05, 0) is 30.9 Å². The second-order valence-corrected chi connectivity index (χ2v) is 5.18. The SMILES string of the molecule is CCNC(=NCC(C)CO)NCCc1ccccc1Cl. The van der Waals surface area contributed by atoms with Crippen LogP contribution in [0.2, 0.25) is 5.02 Å². The normalized spacial score (nSPS) is 13.1. The van der Waals surface area contributed by atoms with E-state index in [0.717, 1.165) is 36.1 Å². The highest BCUT2D eigenvalue weighted by atomic mass is 35.5. The maximum Gasteiger partial charge on any atom is 0.191 e. The number of nitrogens with zero attached hydrogens (tertiary/aromatic N) is 1. The zero-order valence-electron chi connectivity index (χ0n) is 12.2. The topological polar surface area (TPSA) is 56.7 Å². The van der Waals surface area contributed by atoms with E-state index in [1.54, 1.807) is 0 Å². The fourth-order valence-corrected chi connectivity index (χ4v) is 1.89. The molecular formula is C15H24ClN3O. The van der Waals surface area contributed by atoms with Gasteiger partial charge in [0.2, 0.25) is 0 Å². The van der Waals surface area contributed by atoms with Gasteiger partial charge in [-0.2, -0.15) is 0 Å². The monoisotopic (exact) mass is 297 g/mol. The van der Waals surface area contributed by atoms with Crippen LogP contribution in [0.4, 0.5) is 0 Å². The molecule has 20 heavy (non-hydrogen) atoms. The summed E-state index contributed by atoms with van der Waals surface area (Å²) in [5.41, 5.74) is 1.13. The molecule has 5 heteroatoms. The van der Waals surface area contributed by atoms with E-state index in [2.05, 4.69) is 15.6 Å². The van der Waals surface area contributed by atoms with Crippen LogP contribution in [0.15, 0.2) is 29.3 Å². The Labute approximate surface area is 126 Å². The van der Waals surface area contributed by atoms with Gasteiger partial charge in [0.15, 0.2) is 5.96 Å². The average molecular weight is 298 g/mol. The number of rotatable bonds is 7. The summed E-state index contributed by atoms with van der Waals surface area (Å²) in [6.45, 7) is 6.34. The largest absolute Gasteiger partial charge is 0.396 e. The molecule has 1 atom stereocenters. The predicted octanol–water partition coefficient (Wildman–Crippen LogP) is 2.07. The minimum absolute atomic E-state index is 0.155. The second-order valence-electron chi connectivity index (χ2n) is 4.78. The van der Waals surface area contributed by atoms with Gasteiger partial charge in [0.05, 0.1) is 0 Å². The van der Waals surface area contributed by atoms with Crippen molar-refractivity contribution in [2.24, 2.45) is 10.9 Å². The standard InChI is InChI=1S/C15H24ClN3O/c1-3-17-15(19-10-12(2)11-20)18-9-8-13-6-4-5-7-14(13)16/h4-7,12,20H,3,8-11H2,1-2H3,(H2,17,18,19). The Morgan fingerprint density at radius 1 is 1.35 bits per heavy atom. The Balaban J connectivity index is 2.44. The molecule has 1 rings (SSSR count). The Bertz CT molecular complexity index is 423. The van der Waals surface area contributed by atoms with Crippen molar-refractivity contribution in [3.63, 3.8) is 0 Å². The zero-order valence-corrected chi connectivity index (χ0v) is 13.0. The molecule has 0 bridgehead atoms. The van der Waals surface area contributed by atoms with Crippen molar-refractivity contribution in [3.05, 3.63) is 34.9 Å². The first-order chi connectivity index (χ1) is 9.67. The third kappa shape index (κ3) is 6.26. The van der Waals surface area contributed by atoms with Crippen molar-refractivity contribution < 1.29 is 5.11 Å². The lowest BCUT2D eigenvalue weighted by Gasteiger charge is -2.13. The van der Waals surface area contributed by atoms with Crippen molar-refractivity contribution >= 4 is 17.6 Å². The summed E-state index contributed by atoms with van der Waals surface area (Å²) in [5.74, 6) is 0.953. The van der Waals surface area contributed by atoms with Crippen LogP contribution in [-0.2, 0) is 6.42 Å². The van der Waals surface area contributed by atoms with Gasteiger partial charge in [0, 0.05) is 31.3 Å². The Kier molecular flexibility index (Phi) is 8.07. The quantitative estimate of drug-likeness (QED) is 0.533. The number of aliphatic imine (C=N–C) groups is 1. The van der Waals surface area contributed by atoms with E-state index >= 15 is 0 Å². The summed E-state index contributed by atoms with van der Waals surface area (Å²) < 4.78 is 0. The van der Waals surface area contributed by atoms with Gasteiger partial charge in [-0.1, -0.05) is 36.7 Å². The van der Waals surface area contributed by atoms with Crippen LogP contribution in [0.5, 0.6) is 0 Å². The molecule has 1 unspecified atom stereocenters. The highest BCUT2D eigenvalue weighted by Crippen LogP contribution is 2.14. The Morgan fingerprint density at radius 2 is 2.10 bits per heavy atom. The number of hydrogen-bond acceptors (Lipinski definition) is 2. The molecule has 0 fully saturated rings. The fourth-order valence-electron chi connectivity index (χ4n) is 1.66. The third-order valence-corrected chi connectivity index (χ3v) is 3.23. The van der Waals surface area contributed by atoms with E-state index in [-0.39, 0.29) is 12.5 Å². The molecule has 0 aromatic heterocycles. The second kappa shape index (κ2) is 9.61. The molecule has 0 aliphatic carbocycles. The van der Waals surface area contributed by atoms with Crippen LogP contribution in [0.25, 0.3) is 0 Å². The molecule has 0 radical (unpaired) electrons. The summed E-state index contributed by atoms with van der Waals surface area (Å²) in [4.78, 5) is 4.44. The number of aliphatic hydroxyl groups is 1. The maximum atomic E-state index is 9.01. The lowest BCUT2D eigenvalue weighted by Crippen LogP contribution is -2.38. The molecule has 0 spiro atoms. The van der Waals surface area contributed by atoms with Crippen LogP contribution in [0.1, 0.15) is 19.4 Å². The van der Waals surface area contributed by atoms with Crippen LogP contribution in [0, 0.1) is 5.92 Å². The van der Waals surface area contributed by atoms with Crippen molar-refractivity contribution in [1.82, 2.24) is 10.6 Å². The van der Waals surface area contributed by atoms with Crippen molar-refractivity contribution in [2.75, 3.05) is 26.2 Å². The molecule has 0 saturated heterocycles. The van der Waals surface area contributed by atoms with Gasteiger partial charge < -0.3 is 15.7 Å². The van der Waals surface area contributed by atoms with Crippen LogP contribution >= 0.6 is 11.6 Å². The van der Waals surface area contributed by atoms with E-state index in [0.29, 0.717) is 6.54 Å². The van der Waals surface area contributed by atoms with Gasteiger partial charge in [-0.3, -0.25) is 4.99 Å². The first-order valence-electron chi connectivity index (χ1n) is 7.03. The molecule has 1 aromatic carbocycles. The number of guanidine groups is 1. The van der Waals surface area contributed by atoms with E-state index in [1.807, 2.05) is 38.1 Å². The number of hydrogen-bond donors (Lipinski definition) is 3. The average Bonchev–Trinajstić information content (AvgIpc) is 2.46. The predicted molar refractivity (Wildman–Crippen MR) is 85.4 cm³/mol.